The van der Waals surface area contributed by atoms with Crippen LogP contribution in [0.2, 0.25) is 0 Å². The van der Waals surface area contributed by atoms with Crippen molar-refractivity contribution in [1.29, 1.82) is 0 Å². The molecule has 23 heavy (non-hydrogen) atoms. The Kier molecular flexibility index (Phi) is 3.49. The summed E-state index contributed by atoms with van der Waals surface area (Å²) in [6.45, 7) is 0. The molecule has 1 aliphatic heterocycles. The van der Waals surface area contributed by atoms with Gasteiger partial charge in [0.2, 0.25) is 0 Å². The van der Waals surface area contributed by atoms with Gasteiger partial charge in [-0.05, 0) is 53.8 Å². The van der Waals surface area contributed by atoms with Crippen LogP contribution in [-0.4, -0.2) is 11.1 Å². The predicted octanol–water partition coefficient (Wildman–Crippen LogP) is 4.97. The van der Waals surface area contributed by atoms with Crippen LogP contribution in [0.1, 0.15) is 39.9 Å². The topological polar surface area (TPSA) is 49.3 Å². The number of allylic oxidation sites excluding steroid dienone is 2. The molecule has 2 aromatic rings. The Balaban J connectivity index is 1.73. The van der Waals surface area contributed by atoms with Gasteiger partial charge in [0.15, 0.2) is 0 Å². The molecule has 3 atom stereocenters. The van der Waals surface area contributed by atoms with Crippen LogP contribution in [0.25, 0.3) is 0 Å². The summed E-state index contributed by atoms with van der Waals surface area (Å²) in [4.78, 5) is 11.0. The van der Waals surface area contributed by atoms with Crippen molar-refractivity contribution < 1.29 is 9.90 Å². The van der Waals surface area contributed by atoms with E-state index in [-0.39, 0.29) is 6.04 Å². The second kappa shape index (κ2) is 5.53. The first-order chi connectivity index (χ1) is 11.1. The van der Waals surface area contributed by atoms with Crippen LogP contribution in [0, 0.1) is 5.92 Å². The van der Waals surface area contributed by atoms with Gasteiger partial charge in [-0.15, -0.1) is 0 Å². The molecule has 1 aliphatic carbocycles. The van der Waals surface area contributed by atoms with Gasteiger partial charge in [0, 0.05) is 16.1 Å². The van der Waals surface area contributed by atoms with Crippen LogP contribution in [0.5, 0.6) is 0 Å². The molecule has 2 aliphatic rings. The summed E-state index contributed by atoms with van der Waals surface area (Å²) >= 11 is 3.56. The molecule has 0 spiro atoms. The van der Waals surface area contributed by atoms with E-state index in [2.05, 4.69) is 51.6 Å². The lowest BCUT2D eigenvalue weighted by atomic mass is 9.77. The summed E-state index contributed by atoms with van der Waals surface area (Å²) in [5.74, 6) is -0.0101. The normalized spacial score (nSPS) is 24.7. The zero-order chi connectivity index (χ0) is 16.0. The lowest BCUT2D eigenvalue weighted by molar-refractivity contribution is 0.0697. The van der Waals surface area contributed by atoms with E-state index in [1.165, 1.54) is 5.56 Å². The average molecular weight is 370 g/mol. The van der Waals surface area contributed by atoms with Gasteiger partial charge in [0.1, 0.15) is 0 Å². The van der Waals surface area contributed by atoms with E-state index in [0.717, 1.165) is 22.1 Å². The molecule has 0 aromatic heterocycles. The van der Waals surface area contributed by atoms with Gasteiger partial charge < -0.3 is 10.4 Å². The zero-order valence-electron chi connectivity index (χ0n) is 12.4. The van der Waals surface area contributed by atoms with Gasteiger partial charge >= 0.3 is 5.97 Å². The molecule has 0 fully saturated rings. The van der Waals surface area contributed by atoms with Crippen molar-refractivity contribution in [2.75, 3.05) is 5.32 Å². The van der Waals surface area contributed by atoms with Crippen LogP contribution < -0.4 is 5.32 Å². The van der Waals surface area contributed by atoms with Gasteiger partial charge in [-0.1, -0.05) is 40.2 Å². The van der Waals surface area contributed by atoms with Crippen LogP contribution >= 0.6 is 15.9 Å². The number of benzene rings is 2. The predicted molar refractivity (Wildman–Crippen MR) is 93.9 cm³/mol. The Morgan fingerprint density at radius 2 is 1.96 bits per heavy atom. The van der Waals surface area contributed by atoms with Crippen LogP contribution in [0.15, 0.2) is 59.1 Å². The first kappa shape index (κ1) is 14.5. The molecule has 0 radical (unpaired) electrons. The highest BCUT2D eigenvalue weighted by Crippen LogP contribution is 2.50. The number of aromatic carboxylic acids is 1. The van der Waals surface area contributed by atoms with Gasteiger partial charge in [-0.25, -0.2) is 4.79 Å². The van der Waals surface area contributed by atoms with Gasteiger partial charge in [-0.2, -0.15) is 0 Å². The number of halogens is 1. The van der Waals surface area contributed by atoms with Crippen LogP contribution in [-0.2, 0) is 0 Å². The molecule has 0 bridgehead atoms. The number of fused-ring (bicyclic) bond motifs is 3. The molecule has 0 amide bonds. The molecule has 0 saturated carbocycles. The van der Waals surface area contributed by atoms with E-state index in [9.17, 15) is 4.79 Å². The van der Waals surface area contributed by atoms with E-state index in [1.54, 1.807) is 12.1 Å². The molecule has 4 heteroatoms. The molecule has 116 valence electrons. The second-order valence-electron chi connectivity index (χ2n) is 6.13. The lowest BCUT2D eigenvalue weighted by Gasteiger charge is -2.37. The second-order valence-corrected chi connectivity index (χ2v) is 7.05. The molecule has 1 heterocycles. The van der Waals surface area contributed by atoms with E-state index >= 15 is 0 Å². The first-order valence-corrected chi connectivity index (χ1v) is 8.48. The molecule has 4 rings (SSSR count). The maximum atomic E-state index is 11.0. The largest absolute Gasteiger partial charge is 0.478 e. The van der Waals surface area contributed by atoms with E-state index < -0.39 is 5.97 Å². The summed E-state index contributed by atoms with van der Waals surface area (Å²) in [5.41, 5.74) is 3.96. The number of hydrogen-bond donors (Lipinski definition) is 2. The van der Waals surface area contributed by atoms with Crippen molar-refractivity contribution in [2.24, 2.45) is 5.92 Å². The van der Waals surface area contributed by atoms with Crippen molar-refractivity contribution in [1.82, 2.24) is 0 Å². The van der Waals surface area contributed by atoms with Crippen molar-refractivity contribution in [3.05, 3.63) is 75.8 Å². The molecule has 3 nitrogen and oxygen atoms in total. The molecule has 3 unspecified atom stereocenters. The Hall–Kier alpha value is -2.07. The number of carboxylic acid groups (broad SMARTS) is 1. The van der Waals surface area contributed by atoms with Crippen molar-refractivity contribution in [3.8, 4) is 0 Å². The number of hydrogen-bond acceptors (Lipinski definition) is 2. The molecule has 0 saturated heterocycles. The summed E-state index contributed by atoms with van der Waals surface area (Å²) in [6, 6.07) is 13.8. The number of nitrogens with one attached hydrogen (secondary N) is 1. The summed E-state index contributed by atoms with van der Waals surface area (Å²) < 4.78 is 1.10. The fourth-order valence-corrected chi connectivity index (χ4v) is 4.11. The minimum absolute atomic E-state index is 0.200. The van der Waals surface area contributed by atoms with E-state index in [4.69, 9.17) is 5.11 Å². The zero-order valence-corrected chi connectivity index (χ0v) is 14.0. The highest BCUT2D eigenvalue weighted by Gasteiger charge is 2.37. The van der Waals surface area contributed by atoms with E-state index in [0.29, 0.717) is 17.4 Å². The Morgan fingerprint density at radius 3 is 2.70 bits per heavy atom. The van der Waals surface area contributed by atoms with Gasteiger partial charge in [0.25, 0.3) is 0 Å². The third-order valence-electron chi connectivity index (χ3n) is 4.84. The standard InChI is InChI=1S/C19H16BrNO2/c20-13-8-9-17-16(10-13)14-2-1-3-15(14)18(21-17)11-4-6-12(7-5-11)19(22)23/h1-2,4-10,14-15,18,21H,3H2,(H,22,23). The van der Waals surface area contributed by atoms with Crippen molar-refractivity contribution in [2.45, 2.75) is 18.4 Å². The first-order valence-electron chi connectivity index (χ1n) is 7.69. The Bertz CT molecular complexity index is 798. The molecule has 2 aromatic carbocycles. The smallest absolute Gasteiger partial charge is 0.335 e. The minimum Gasteiger partial charge on any atom is -0.478 e. The van der Waals surface area contributed by atoms with Crippen molar-refractivity contribution in [3.63, 3.8) is 0 Å². The monoisotopic (exact) mass is 369 g/mol. The fourth-order valence-electron chi connectivity index (χ4n) is 3.73. The van der Waals surface area contributed by atoms with Crippen LogP contribution in [0.4, 0.5) is 5.69 Å². The molecule has 2 N–H and O–H groups in total. The van der Waals surface area contributed by atoms with Gasteiger partial charge in [0.05, 0.1) is 11.6 Å². The lowest BCUT2D eigenvalue weighted by Crippen LogP contribution is -2.29. The summed E-state index contributed by atoms with van der Waals surface area (Å²) in [5, 5.41) is 12.7. The Labute approximate surface area is 143 Å². The summed E-state index contributed by atoms with van der Waals surface area (Å²) in [6.07, 6.45) is 5.59. The SMILES string of the molecule is O=C(O)c1ccc(C2Nc3ccc(Br)cc3C3C=CCC32)cc1. The number of anilines is 1. The minimum atomic E-state index is -0.885. The number of carboxylic acids is 1. The third kappa shape index (κ3) is 2.47. The van der Waals surface area contributed by atoms with E-state index in [1.807, 2.05) is 12.1 Å². The van der Waals surface area contributed by atoms with Crippen molar-refractivity contribution >= 4 is 27.6 Å². The Morgan fingerprint density at radius 1 is 1.17 bits per heavy atom. The quantitative estimate of drug-likeness (QED) is 0.734. The highest BCUT2D eigenvalue weighted by atomic mass is 79.9. The van der Waals surface area contributed by atoms with Gasteiger partial charge in [-0.3, -0.25) is 0 Å². The third-order valence-corrected chi connectivity index (χ3v) is 5.33. The summed E-state index contributed by atoms with van der Waals surface area (Å²) in [7, 11) is 0. The molecular formula is C19H16BrNO2. The highest BCUT2D eigenvalue weighted by molar-refractivity contribution is 9.10. The maximum Gasteiger partial charge on any atom is 0.335 e. The van der Waals surface area contributed by atoms with Crippen LogP contribution in [0.3, 0.4) is 0 Å². The fraction of sp³-hybridized carbons (Fsp3) is 0.211. The maximum absolute atomic E-state index is 11.0. The number of carbonyl (C=O) groups is 1. The number of rotatable bonds is 2. The molecular weight excluding hydrogens is 354 g/mol. The average Bonchev–Trinajstić information content (AvgIpc) is 3.04.